The number of thiazole rings is 1. The van der Waals surface area contributed by atoms with Gasteiger partial charge in [0.2, 0.25) is 0 Å². The fraction of sp³-hybridized carbons (Fsp3) is 0.500. The third-order valence-corrected chi connectivity index (χ3v) is 3.55. The summed E-state index contributed by atoms with van der Waals surface area (Å²) in [5, 5.41) is 3.36. The van der Waals surface area contributed by atoms with Crippen molar-refractivity contribution in [2.24, 2.45) is 0 Å². The lowest BCUT2D eigenvalue weighted by Crippen LogP contribution is -2.04. The first-order valence-electron chi connectivity index (χ1n) is 5.76. The maximum Gasteiger partial charge on any atom is 0.108 e. The molecular formula is C12H17N3S. The molecule has 0 aromatic carbocycles. The molecule has 0 N–H and O–H groups in total. The number of aromatic nitrogens is 3. The Labute approximate surface area is 100 Å². The normalized spacial score (nSPS) is 10.9. The Morgan fingerprint density at radius 1 is 1.38 bits per heavy atom. The monoisotopic (exact) mass is 235 g/mol. The van der Waals surface area contributed by atoms with Gasteiger partial charge in [-0.2, -0.15) is 0 Å². The highest BCUT2D eigenvalue weighted by atomic mass is 32.1. The highest BCUT2D eigenvalue weighted by molar-refractivity contribution is 7.09. The molecule has 0 spiro atoms. The first kappa shape index (κ1) is 11.3. The van der Waals surface area contributed by atoms with E-state index >= 15 is 0 Å². The molecule has 2 rings (SSSR count). The first-order valence-corrected chi connectivity index (χ1v) is 6.64. The molecule has 2 heterocycles. The minimum absolute atomic E-state index is 0.853. The molecule has 0 aliphatic heterocycles. The summed E-state index contributed by atoms with van der Waals surface area (Å²) >= 11 is 1.75. The number of rotatable bonds is 5. The van der Waals surface area contributed by atoms with Gasteiger partial charge in [0.15, 0.2) is 0 Å². The van der Waals surface area contributed by atoms with E-state index in [1.54, 1.807) is 11.3 Å². The van der Waals surface area contributed by atoms with Crippen molar-refractivity contribution in [3.8, 4) is 0 Å². The zero-order valence-electron chi connectivity index (χ0n) is 9.81. The molecule has 0 unspecified atom stereocenters. The minimum atomic E-state index is 0.853. The van der Waals surface area contributed by atoms with Crippen LogP contribution in [0, 0.1) is 0 Å². The molecule has 2 aromatic heterocycles. The molecule has 3 nitrogen and oxygen atoms in total. The lowest BCUT2D eigenvalue weighted by atomic mass is 10.3. The summed E-state index contributed by atoms with van der Waals surface area (Å²) in [4.78, 5) is 8.94. The highest BCUT2D eigenvalue weighted by Gasteiger charge is 2.05. The van der Waals surface area contributed by atoms with E-state index in [0.717, 1.165) is 37.3 Å². The van der Waals surface area contributed by atoms with E-state index in [0.29, 0.717) is 0 Å². The summed E-state index contributed by atoms with van der Waals surface area (Å²) in [6.07, 6.45) is 7.11. The van der Waals surface area contributed by atoms with Crippen molar-refractivity contribution in [1.29, 1.82) is 0 Å². The van der Waals surface area contributed by atoms with Crippen LogP contribution in [-0.2, 0) is 19.4 Å². The number of imidazole rings is 1. The predicted octanol–water partition coefficient (Wildman–Crippen LogP) is 2.90. The van der Waals surface area contributed by atoms with Crippen molar-refractivity contribution in [3.63, 3.8) is 0 Å². The second-order valence-electron chi connectivity index (χ2n) is 3.81. The van der Waals surface area contributed by atoms with Gasteiger partial charge in [-0.05, 0) is 12.8 Å². The molecule has 0 atom stereocenters. The van der Waals surface area contributed by atoms with Gasteiger partial charge in [0.05, 0.1) is 17.2 Å². The van der Waals surface area contributed by atoms with Crippen molar-refractivity contribution in [1.82, 2.24) is 14.5 Å². The second-order valence-corrected chi connectivity index (χ2v) is 4.75. The fourth-order valence-corrected chi connectivity index (χ4v) is 2.43. The summed E-state index contributed by atoms with van der Waals surface area (Å²) < 4.78 is 2.19. The Kier molecular flexibility index (Phi) is 3.72. The van der Waals surface area contributed by atoms with Crippen LogP contribution in [-0.4, -0.2) is 14.5 Å². The Morgan fingerprint density at radius 3 is 2.94 bits per heavy atom. The zero-order chi connectivity index (χ0) is 11.4. The Balaban J connectivity index is 2.10. The molecule has 0 fully saturated rings. The Bertz CT molecular complexity index is 445. The number of hydrogen-bond acceptors (Lipinski definition) is 3. The van der Waals surface area contributed by atoms with Crippen molar-refractivity contribution >= 4 is 11.3 Å². The maximum absolute atomic E-state index is 4.57. The smallest absolute Gasteiger partial charge is 0.108 e. The topological polar surface area (TPSA) is 30.7 Å². The fourth-order valence-electron chi connectivity index (χ4n) is 1.69. The van der Waals surface area contributed by atoms with Gasteiger partial charge in [0.25, 0.3) is 0 Å². The van der Waals surface area contributed by atoms with Crippen LogP contribution in [0.3, 0.4) is 0 Å². The summed E-state index contributed by atoms with van der Waals surface area (Å²) in [6, 6.07) is 0. The van der Waals surface area contributed by atoms with Crippen molar-refractivity contribution in [2.75, 3.05) is 0 Å². The van der Waals surface area contributed by atoms with Crippen LogP contribution < -0.4 is 0 Å². The zero-order valence-corrected chi connectivity index (χ0v) is 10.6. The van der Waals surface area contributed by atoms with E-state index in [-0.39, 0.29) is 0 Å². The van der Waals surface area contributed by atoms with Crippen LogP contribution in [0.5, 0.6) is 0 Å². The first-order chi connectivity index (χ1) is 7.83. The molecule has 0 aliphatic carbocycles. The van der Waals surface area contributed by atoms with Gasteiger partial charge in [-0.15, -0.1) is 11.3 Å². The van der Waals surface area contributed by atoms with Gasteiger partial charge in [0, 0.05) is 24.2 Å². The molecule has 0 bridgehead atoms. The molecule has 0 aliphatic rings. The average Bonchev–Trinajstić information content (AvgIpc) is 2.90. The molecule has 0 saturated heterocycles. The Hall–Kier alpha value is -1.16. The van der Waals surface area contributed by atoms with Crippen LogP contribution in [0.1, 0.15) is 36.8 Å². The summed E-state index contributed by atoms with van der Waals surface area (Å²) in [7, 11) is 0. The molecule has 0 saturated carbocycles. The van der Waals surface area contributed by atoms with Crippen LogP contribution >= 0.6 is 11.3 Å². The molecule has 2 aromatic rings. The van der Waals surface area contributed by atoms with Gasteiger partial charge >= 0.3 is 0 Å². The molecule has 0 radical (unpaired) electrons. The van der Waals surface area contributed by atoms with Gasteiger partial charge in [-0.25, -0.2) is 9.97 Å². The van der Waals surface area contributed by atoms with Gasteiger partial charge in [0.1, 0.15) is 5.82 Å². The van der Waals surface area contributed by atoms with Gasteiger partial charge in [-0.1, -0.05) is 13.8 Å². The summed E-state index contributed by atoms with van der Waals surface area (Å²) in [5.74, 6) is 1.16. The van der Waals surface area contributed by atoms with Crippen LogP contribution in [0.25, 0.3) is 0 Å². The number of aryl methyl sites for hydroxylation is 2. The third-order valence-electron chi connectivity index (χ3n) is 2.51. The third kappa shape index (κ3) is 2.50. The highest BCUT2D eigenvalue weighted by Crippen LogP contribution is 2.12. The van der Waals surface area contributed by atoms with Crippen molar-refractivity contribution in [2.45, 2.75) is 39.7 Å². The van der Waals surface area contributed by atoms with E-state index in [9.17, 15) is 0 Å². The quantitative estimate of drug-likeness (QED) is 0.797. The lowest BCUT2D eigenvalue weighted by Gasteiger charge is -2.04. The van der Waals surface area contributed by atoms with Crippen LogP contribution in [0.15, 0.2) is 17.8 Å². The maximum atomic E-state index is 4.57. The average molecular weight is 235 g/mol. The second kappa shape index (κ2) is 5.25. The van der Waals surface area contributed by atoms with E-state index in [1.807, 2.05) is 12.4 Å². The Morgan fingerprint density at radius 2 is 2.25 bits per heavy atom. The molecule has 16 heavy (non-hydrogen) atoms. The standard InChI is InChI=1S/C12H17N3S/c1-3-5-11-13-6-7-15(11)8-10-9-16-12(4-2)14-10/h6-7,9H,3-5,8H2,1-2H3. The molecule has 4 heteroatoms. The van der Waals surface area contributed by atoms with E-state index < -0.39 is 0 Å². The summed E-state index contributed by atoms with van der Waals surface area (Å²) in [6.45, 7) is 5.17. The predicted molar refractivity (Wildman–Crippen MR) is 66.8 cm³/mol. The number of nitrogens with zero attached hydrogens (tertiary/aromatic N) is 3. The van der Waals surface area contributed by atoms with Crippen LogP contribution in [0.2, 0.25) is 0 Å². The van der Waals surface area contributed by atoms with Gasteiger partial charge in [-0.3, -0.25) is 0 Å². The van der Waals surface area contributed by atoms with Crippen molar-refractivity contribution in [3.05, 3.63) is 34.3 Å². The summed E-state index contributed by atoms with van der Waals surface area (Å²) in [5.41, 5.74) is 1.15. The van der Waals surface area contributed by atoms with E-state index in [4.69, 9.17) is 0 Å². The SMILES string of the molecule is CCCc1nccn1Cc1csc(CC)n1. The van der Waals surface area contributed by atoms with E-state index in [2.05, 4.69) is 33.8 Å². The lowest BCUT2D eigenvalue weighted by molar-refractivity contribution is 0.694. The van der Waals surface area contributed by atoms with Crippen molar-refractivity contribution < 1.29 is 0 Å². The number of hydrogen-bond donors (Lipinski definition) is 0. The minimum Gasteiger partial charge on any atom is -0.329 e. The van der Waals surface area contributed by atoms with Gasteiger partial charge < -0.3 is 4.57 Å². The molecule has 0 amide bonds. The van der Waals surface area contributed by atoms with Crippen LogP contribution in [0.4, 0.5) is 0 Å². The van der Waals surface area contributed by atoms with E-state index in [1.165, 1.54) is 5.01 Å². The largest absolute Gasteiger partial charge is 0.329 e. The molecular weight excluding hydrogens is 218 g/mol. The molecule has 86 valence electrons.